The van der Waals surface area contributed by atoms with Crippen LogP contribution in [-0.2, 0) is 16.1 Å². The lowest BCUT2D eigenvalue weighted by Crippen LogP contribution is -2.09. The highest BCUT2D eigenvalue weighted by Gasteiger charge is 2.12. The maximum Gasteiger partial charge on any atom is 0.349 e. The Morgan fingerprint density at radius 1 is 1.09 bits per heavy atom. The number of nitrogens with zero attached hydrogens (tertiary/aromatic N) is 3. The second-order valence-electron chi connectivity index (χ2n) is 7.09. The Morgan fingerprint density at radius 3 is 2.21 bits per heavy atom. The molecule has 9 heteroatoms. The quantitative estimate of drug-likeness (QED) is 0.127. The number of nitriles is 1. The number of allylic oxidation sites excluding steroid dienone is 4. The summed E-state index contributed by atoms with van der Waals surface area (Å²) in [6.45, 7) is -0.109. The minimum absolute atomic E-state index is 0.0604. The Bertz CT molecular complexity index is 1130. The van der Waals surface area contributed by atoms with Gasteiger partial charge in [-0.3, -0.25) is 10.1 Å². The van der Waals surface area contributed by atoms with Gasteiger partial charge < -0.3 is 19.1 Å². The number of nitro groups is 1. The van der Waals surface area contributed by atoms with E-state index in [1.54, 1.807) is 38.5 Å². The zero-order valence-electron chi connectivity index (χ0n) is 19.3. The molecule has 0 aromatic heterocycles. The summed E-state index contributed by atoms with van der Waals surface area (Å²) in [5.74, 6) is 0.476. The van der Waals surface area contributed by atoms with Gasteiger partial charge in [-0.1, -0.05) is 18.2 Å². The predicted octanol–water partition coefficient (Wildman–Crippen LogP) is 4.44. The molecule has 2 aromatic rings. The van der Waals surface area contributed by atoms with Crippen molar-refractivity contribution in [1.82, 2.24) is 0 Å². The second kappa shape index (κ2) is 12.5. The molecule has 0 atom stereocenters. The van der Waals surface area contributed by atoms with Gasteiger partial charge in [-0.05, 0) is 29.8 Å². The molecule has 0 aliphatic heterocycles. The Balaban J connectivity index is 2.06. The fraction of sp³-hybridized carbons (Fsp3) is 0.200. The molecule has 0 aliphatic rings. The van der Waals surface area contributed by atoms with Gasteiger partial charge in [0.2, 0.25) is 0 Å². The third-order valence-electron chi connectivity index (χ3n) is 4.65. The lowest BCUT2D eigenvalue weighted by Gasteiger charge is -2.17. The molecule has 0 N–H and O–H groups in total. The van der Waals surface area contributed by atoms with Crippen LogP contribution in [0.25, 0.3) is 6.08 Å². The van der Waals surface area contributed by atoms with Crippen LogP contribution in [-0.4, -0.2) is 39.2 Å². The van der Waals surface area contributed by atoms with Crippen LogP contribution in [0, 0.1) is 21.4 Å². The lowest BCUT2D eigenvalue weighted by molar-refractivity contribution is -0.384. The number of hydrogen-bond donors (Lipinski definition) is 0. The molecule has 0 saturated heterocycles. The number of carbonyl (C=O) groups is 1. The van der Waals surface area contributed by atoms with E-state index in [9.17, 15) is 20.2 Å². The summed E-state index contributed by atoms with van der Waals surface area (Å²) in [7, 11) is 6.99. The fourth-order valence-electron chi connectivity index (χ4n) is 2.81. The van der Waals surface area contributed by atoms with E-state index < -0.39 is 10.9 Å². The fourth-order valence-corrected chi connectivity index (χ4v) is 2.81. The minimum atomic E-state index is -0.794. The number of hydrogen-bond acceptors (Lipinski definition) is 8. The molecule has 2 rings (SSSR count). The number of rotatable bonds is 10. The van der Waals surface area contributed by atoms with Crippen LogP contribution in [0.2, 0.25) is 0 Å². The normalized spacial score (nSPS) is 11.3. The summed E-state index contributed by atoms with van der Waals surface area (Å²) in [6.07, 6.45) is 8.05. The first-order valence-corrected chi connectivity index (χ1v) is 10.1. The average Bonchev–Trinajstić information content (AvgIpc) is 2.84. The van der Waals surface area contributed by atoms with Crippen molar-refractivity contribution < 1.29 is 23.9 Å². The van der Waals surface area contributed by atoms with Gasteiger partial charge in [-0.2, -0.15) is 5.26 Å². The number of nitro benzene ring substituents is 1. The number of methoxy groups -OCH3 is 2. The summed E-state index contributed by atoms with van der Waals surface area (Å²) in [4.78, 5) is 24.3. The maximum atomic E-state index is 12.2. The minimum Gasteiger partial charge on any atom is -0.496 e. The molecule has 0 spiro atoms. The number of benzene rings is 2. The number of ether oxygens (including phenoxy) is 3. The molecular formula is C25H25N3O6. The average molecular weight is 463 g/mol. The van der Waals surface area contributed by atoms with Crippen LogP contribution >= 0.6 is 0 Å². The Hall–Kier alpha value is -4.58. The van der Waals surface area contributed by atoms with Crippen molar-refractivity contribution in [2.45, 2.75) is 6.61 Å². The second-order valence-corrected chi connectivity index (χ2v) is 7.09. The van der Waals surface area contributed by atoms with Gasteiger partial charge in [0.15, 0.2) is 0 Å². The Labute approximate surface area is 197 Å². The summed E-state index contributed by atoms with van der Waals surface area (Å²) < 4.78 is 16.1. The van der Waals surface area contributed by atoms with Crippen molar-refractivity contribution in [3.05, 3.63) is 87.5 Å². The number of esters is 1. The molecule has 176 valence electrons. The van der Waals surface area contributed by atoms with Crippen molar-refractivity contribution in [2.24, 2.45) is 0 Å². The van der Waals surface area contributed by atoms with Crippen LogP contribution < -0.4 is 14.4 Å². The van der Waals surface area contributed by atoms with Gasteiger partial charge >= 0.3 is 5.97 Å². The van der Waals surface area contributed by atoms with Crippen molar-refractivity contribution in [3.63, 3.8) is 0 Å². The van der Waals surface area contributed by atoms with Gasteiger partial charge in [-0.25, -0.2) is 4.79 Å². The van der Waals surface area contributed by atoms with Crippen LogP contribution in [0.1, 0.15) is 11.1 Å². The first kappa shape index (κ1) is 25.7. The molecule has 0 unspecified atom stereocenters. The standard InChI is InChI=1S/C25H25N3O6/c1-27(2)21-14-23(32-3)22(24(15-21)33-4)9-7-5-6-8-19(16-26)25(29)34-17-18-10-12-20(13-11-18)28(30)31/h5-15H,17H2,1-4H3/b6-5+,9-7+,19-8+. The topological polar surface area (TPSA) is 115 Å². The Morgan fingerprint density at radius 2 is 1.71 bits per heavy atom. The largest absolute Gasteiger partial charge is 0.496 e. The molecule has 0 heterocycles. The number of carbonyl (C=O) groups excluding carboxylic acids is 1. The van der Waals surface area contributed by atoms with E-state index >= 15 is 0 Å². The molecule has 2 aromatic carbocycles. The zero-order valence-corrected chi connectivity index (χ0v) is 19.3. The van der Waals surface area contributed by atoms with Gasteiger partial charge in [-0.15, -0.1) is 0 Å². The highest BCUT2D eigenvalue weighted by Crippen LogP contribution is 2.35. The van der Waals surface area contributed by atoms with Crippen LogP contribution in [0.3, 0.4) is 0 Å². The van der Waals surface area contributed by atoms with Crippen LogP contribution in [0.4, 0.5) is 11.4 Å². The van der Waals surface area contributed by atoms with E-state index in [1.807, 2.05) is 31.1 Å². The number of non-ortho nitro benzene ring substituents is 1. The molecule has 0 amide bonds. The maximum absolute atomic E-state index is 12.2. The molecule has 0 bridgehead atoms. The van der Waals surface area contributed by atoms with Crippen LogP contribution in [0.5, 0.6) is 11.5 Å². The monoisotopic (exact) mass is 463 g/mol. The van der Waals surface area contributed by atoms with Gasteiger partial charge in [0.05, 0.1) is 24.7 Å². The molecule has 0 aliphatic carbocycles. The van der Waals surface area contributed by atoms with Crippen LogP contribution in [0.15, 0.2) is 66.3 Å². The van der Waals surface area contributed by atoms with E-state index in [2.05, 4.69) is 0 Å². The third-order valence-corrected chi connectivity index (χ3v) is 4.65. The van der Waals surface area contributed by atoms with Crippen molar-refractivity contribution in [2.75, 3.05) is 33.2 Å². The molecule has 34 heavy (non-hydrogen) atoms. The Kier molecular flexibility index (Phi) is 9.41. The van der Waals surface area contributed by atoms with E-state index in [-0.39, 0.29) is 17.9 Å². The summed E-state index contributed by atoms with van der Waals surface area (Å²) in [5, 5.41) is 19.9. The van der Waals surface area contributed by atoms with E-state index in [4.69, 9.17) is 14.2 Å². The van der Waals surface area contributed by atoms with E-state index in [0.717, 1.165) is 11.3 Å². The van der Waals surface area contributed by atoms with Crippen molar-refractivity contribution in [1.29, 1.82) is 5.26 Å². The van der Waals surface area contributed by atoms with E-state index in [1.165, 1.54) is 36.4 Å². The van der Waals surface area contributed by atoms with E-state index in [0.29, 0.717) is 17.1 Å². The zero-order chi connectivity index (χ0) is 25.1. The molecule has 0 radical (unpaired) electrons. The number of anilines is 1. The van der Waals surface area contributed by atoms with Crippen molar-refractivity contribution in [3.8, 4) is 17.6 Å². The lowest BCUT2D eigenvalue weighted by atomic mass is 10.1. The summed E-state index contributed by atoms with van der Waals surface area (Å²) in [5.41, 5.74) is 1.99. The smallest absolute Gasteiger partial charge is 0.349 e. The highest BCUT2D eigenvalue weighted by molar-refractivity contribution is 5.93. The SMILES string of the molecule is COc1cc(N(C)C)cc(OC)c1/C=C/C=C/C=C(\C#N)C(=O)OCc1ccc([N+](=O)[O-])cc1. The third kappa shape index (κ3) is 6.97. The molecule has 0 saturated carbocycles. The van der Waals surface area contributed by atoms with Gasteiger partial charge in [0, 0.05) is 44.0 Å². The first-order valence-electron chi connectivity index (χ1n) is 10.1. The predicted molar refractivity (Wildman–Crippen MR) is 129 cm³/mol. The first-order chi connectivity index (χ1) is 16.3. The van der Waals surface area contributed by atoms with Gasteiger partial charge in [0.25, 0.3) is 5.69 Å². The van der Waals surface area contributed by atoms with Gasteiger partial charge in [0.1, 0.15) is 29.7 Å². The summed E-state index contributed by atoms with van der Waals surface area (Å²) in [6, 6.07) is 11.2. The molecular weight excluding hydrogens is 438 g/mol. The molecule has 9 nitrogen and oxygen atoms in total. The molecule has 0 fully saturated rings. The summed E-state index contributed by atoms with van der Waals surface area (Å²) >= 11 is 0. The highest BCUT2D eigenvalue weighted by atomic mass is 16.6. The van der Waals surface area contributed by atoms with Crippen molar-refractivity contribution >= 4 is 23.4 Å².